The SMILES string of the molecule is COCCC(=O)Nc1cc(Cl)c(Oc2ccc(OC)c(C(C)C)c2)c(Cl)c1. The van der Waals surface area contributed by atoms with Crippen LogP contribution in [0.25, 0.3) is 0 Å². The summed E-state index contributed by atoms with van der Waals surface area (Å²) in [6.45, 7) is 4.48. The Kier molecular flexibility index (Phi) is 7.78. The van der Waals surface area contributed by atoms with Crippen molar-refractivity contribution in [2.45, 2.75) is 26.2 Å². The molecule has 0 unspecified atom stereocenters. The molecule has 0 spiro atoms. The Bertz CT molecular complexity index is 786. The smallest absolute Gasteiger partial charge is 0.226 e. The molecule has 7 heteroatoms. The fourth-order valence-electron chi connectivity index (χ4n) is 2.49. The van der Waals surface area contributed by atoms with Gasteiger partial charge in [0.1, 0.15) is 11.5 Å². The Morgan fingerprint density at radius 1 is 1.11 bits per heavy atom. The molecule has 2 aromatic rings. The number of rotatable bonds is 8. The molecule has 0 saturated carbocycles. The fourth-order valence-corrected chi connectivity index (χ4v) is 3.06. The molecule has 1 amide bonds. The number of carbonyl (C=O) groups excluding carboxylic acids is 1. The molecule has 0 fully saturated rings. The number of hydrogen-bond acceptors (Lipinski definition) is 4. The van der Waals surface area contributed by atoms with Crippen molar-refractivity contribution in [1.82, 2.24) is 0 Å². The number of carbonyl (C=O) groups is 1. The average Bonchev–Trinajstić information content (AvgIpc) is 2.62. The molecule has 0 aliphatic rings. The third-order valence-corrected chi connectivity index (χ3v) is 4.42. The van der Waals surface area contributed by atoms with Crippen LogP contribution in [0.2, 0.25) is 10.0 Å². The predicted molar refractivity (Wildman–Crippen MR) is 109 cm³/mol. The van der Waals surface area contributed by atoms with Gasteiger partial charge in [0.25, 0.3) is 0 Å². The van der Waals surface area contributed by atoms with Crippen molar-refractivity contribution in [1.29, 1.82) is 0 Å². The van der Waals surface area contributed by atoms with Gasteiger partial charge in [-0.3, -0.25) is 4.79 Å². The first kappa shape index (κ1) is 21.4. The fraction of sp³-hybridized carbons (Fsp3) is 0.350. The lowest BCUT2D eigenvalue weighted by Gasteiger charge is -2.16. The van der Waals surface area contributed by atoms with E-state index in [0.29, 0.717) is 33.8 Å². The normalized spacial score (nSPS) is 10.8. The number of methoxy groups -OCH3 is 2. The van der Waals surface area contributed by atoms with E-state index in [4.69, 9.17) is 37.4 Å². The maximum Gasteiger partial charge on any atom is 0.226 e. The number of halogens is 2. The van der Waals surface area contributed by atoms with Gasteiger partial charge in [-0.25, -0.2) is 0 Å². The van der Waals surface area contributed by atoms with E-state index in [9.17, 15) is 4.79 Å². The molecule has 0 heterocycles. The number of ether oxygens (including phenoxy) is 3. The van der Waals surface area contributed by atoms with Crippen molar-refractivity contribution in [2.24, 2.45) is 0 Å². The standard InChI is InChI=1S/C20H23Cl2NO4/c1-12(2)15-11-14(5-6-18(15)26-4)27-20-16(21)9-13(10-17(20)22)23-19(24)7-8-25-3/h5-6,9-12H,7-8H2,1-4H3,(H,23,24). The van der Waals surface area contributed by atoms with E-state index in [1.54, 1.807) is 25.3 Å². The van der Waals surface area contributed by atoms with Crippen molar-refractivity contribution in [3.05, 3.63) is 45.9 Å². The Hall–Kier alpha value is -1.95. The van der Waals surface area contributed by atoms with E-state index in [0.717, 1.165) is 11.3 Å². The molecule has 5 nitrogen and oxygen atoms in total. The van der Waals surface area contributed by atoms with Crippen LogP contribution in [0.5, 0.6) is 17.2 Å². The first-order valence-electron chi connectivity index (χ1n) is 8.49. The monoisotopic (exact) mass is 411 g/mol. The van der Waals surface area contributed by atoms with Gasteiger partial charge in [0.15, 0.2) is 5.75 Å². The Morgan fingerprint density at radius 2 is 1.78 bits per heavy atom. The lowest BCUT2D eigenvalue weighted by molar-refractivity contribution is -0.117. The summed E-state index contributed by atoms with van der Waals surface area (Å²) in [7, 11) is 3.17. The molecular formula is C20H23Cl2NO4. The molecule has 146 valence electrons. The largest absolute Gasteiger partial charge is 0.496 e. The minimum Gasteiger partial charge on any atom is -0.496 e. The second-order valence-corrected chi connectivity index (χ2v) is 7.03. The van der Waals surface area contributed by atoms with Gasteiger partial charge in [0.2, 0.25) is 5.91 Å². The first-order valence-corrected chi connectivity index (χ1v) is 9.25. The zero-order valence-electron chi connectivity index (χ0n) is 15.8. The van der Waals surface area contributed by atoms with E-state index >= 15 is 0 Å². The Balaban J connectivity index is 2.22. The van der Waals surface area contributed by atoms with Gasteiger partial charge in [-0.15, -0.1) is 0 Å². The van der Waals surface area contributed by atoms with E-state index in [-0.39, 0.29) is 18.2 Å². The van der Waals surface area contributed by atoms with Crippen LogP contribution in [0.3, 0.4) is 0 Å². The first-order chi connectivity index (χ1) is 12.8. The summed E-state index contributed by atoms with van der Waals surface area (Å²) in [6.07, 6.45) is 0.244. The summed E-state index contributed by atoms with van der Waals surface area (Å²) in [4.78, 5) is 11.8. The third-order valence-electron chi connectivity index (χ3n) is 3.86. The molecule has 0 aromatic heterocycles. The van der Waals surface area contributed by atoms with Crippen LogP contribution >= 0.6 is 23.2 Å². The highest BCUT2D eigenvalue weighted by Gasteiger charge is 2.15. The van der Waals surface area contributed by atoms with Crippen LogP contribution in [0.15, 0.2) is 30.3 Å². The zero-order chi connectivity index (χ0) is 20.0. The van der Waals surface area contributed by atoms with Gasteiger partial charge in [0, 0.05) is 18.4 Å². The van der Waals surface area contributed by atoms with Gasteiger partial charge in [-0.1, -0.05) is 37.0 Å². The van der Waals surface area contributed by atoms with Crippen molar-refractivity contribution >= 4 is 34.8 Å². The van der Waals surface area contributed by atoms with Gasteiger partial charge in [-0.2, -0.15) is 0 Å². The van der Waals surface area contributed by atoms with Gasteiger partial charge in [0.05, 0.1) is 30.2 Å². The van der Waals surface area contributed by atoms with Gasteiger partial charge < -0.3 is 19.5 Å². The zero-order valence-corrected chi connectivity index (χ0v) is 17.3. The quantitative estimate of drug-likeness (QED) is 0.587. The third kappa shape index (κ3) is 5.76. The van der Waals surface area contributed by atoms with Crippen LogP contribution in [-0.4, -0.2) is 26.7 Å². The van der Waals surface area contributed by atoms with Crippen molar-refractivity contribution in [3.63, 3.8) is 0 Å². The molecule has 0 aliphatic heterocycles. The molecule has 1 N–H and O–H groups in total. The van der Waals surface area contributed by atoms with Crippen LogP contribution in [0, 0.1) is 0 Å². The minimum absolute atomic E-state index is 0.186. The summed E-state index contributed by atoms with van der Waals surface area (Å²) in [5.74, 6) is 1.80. The van der Waals surface area contributed by atoms with E-state index in [2.05, 4.69) is 19.2 Å². The van der Waals surface area contributed by atoms with Crippen LogP contribution in [0.1, 0.15) is 31.7 Å². The van der Waals surface area contributed by atoms with Gasteiger partial charge in [-0.05, 0) is 36.2 Å². The minimum atomic E-state index is -0.186. The number of nitrogens with one attached hydrogen (secondary N) is 1. The van der Waals surface area contributed by atoms with E-state index in [1.165, 1.54) is 7.11 Å². The second kappa shape index (κ2) is 9.83. The Labute approximate surface area is 169 Å². The Morgan fingerprint density at radius 3 is 2.33 bits per heavy atom. The molecule has 0 atom stereocenters. The maximum atomic E-state index is 11.8. The van der Waals surface area contributed by atoms with E-state index in [1.807, 2.05) is 12.1 Å². The molecule has 0 radical (unpaired) electrons. The summed E-state index contributed by atoms with van der Waals surface area (Å²) in [6, 6.07) is 8.73. The highest BCUT2D eigenvalue weighted by molar-refractivity contribution is 6.37. The number of anilines is 1. The number of benzene rings is 2. The molecular weight excluding hydrogens is 389 g/mol. The topological polar surface area (TPSA) is 56.8 Å². The van der Waals surface area contributed by atoms with E-state index < -0.39 is 0 Å². The highest BCUT2D eigenvalue weighted by atomic mass is 35.5. The van der Waals surface area contributed by atoms with Crippen LogP contribution in [-0.2, 0) is 9.53 Å². The summed E-state index contributed by atoms with van der Waals surface area (Å²) in [5.41, 5.74) is 1.51. The van der Waals surface area contributed by atoms with Crippen molar-refractivity contribution < 1.29 is 19.0 Å². The molecule has 0 bridgehead atoms. The van der Waals surface area contributed by atoms with Crippen molar-refractivity contribution in [2.75, 3.05) is 26.1 Å². The molecule has 2 aromatic carbocycles. The highest BCUT2D eigenvalue weighted by Crippen LogP contribution is 2.40. The lowest BCUT2D eigenvalue weighted by Crippen LogP contribution is -2.13. The molecule has 0 aliphatic carbocycles. The second-order valence-electron chi connectivity index (χ2n) is 6.22. The van der Waals surface area contributed by atoms with Crippen molar-refractivity contribution in [3.8, 4) is 17.2 Å². The maximum absolute atomic E-state index is 11.8. The number of amides is 1. The van der Waals surface area contributed by atoms with Crippen LogP contribution in [0.4, 0.5) is 5.69 Å². The summed E-state index contributed by atoms with van der Waals surface area (Å²) in [5, 5.41) is 3.32. The summed E-state index contributed by atoms with van der Waals surface area (Å²) < 4.78 is 16.2. The molecule has 27 heavy (non-hydrogen) atoms. The predicted octanol–water partition coefficient (Wildman–Crippen LogP) is 5.89. The lowest BCUT2D eigenvalue weighted by atomic mass is 10.0. The van der Waals surface area contributed by atoms with Gasteiger partial charge >= 0.3 is 0 Å². The number of hydrogen-bond donors (Lipinski definition) is 1. The summed E-state index contributed by atoms with van der Waals surface area (Å²) >= 11 is 12.6. The molecule has 0 saturated heterocycles. The van der Waals surface area contributed by atoms with Crippen LogP contribution < -0.4 is 14.8 Å². The molecule has 2 rings (SSSR count). The average molecular weight is 412 g/mol.